The molecule has 2 aromatic heterocycles. The normalized spacial score (nSPS) is 11.0. The van der Waals surface area contributed by atoms with Crippen molar-refractivity contribution >= 4 is 17.0 Å². The number of nitrogens with zero attached hydrogens (tertiary/aromatic N) is 2. The lowest BCUT2D eigenvalue weighted by atomic mass is 10.1. The zero-order valence-corrected chi connectivity index (χ0v) is 13.6. The minimum Gasteiger partial charge on any atom is -0.461 e. The fourth-order valence-electron chi connectivity index (χ4n) is 2.65. The summed E-state index contributed by atoms with van der Waals surface area (Å²) in [5.41, 5.74) is 1.03. The van der Waals surface area contributed by atoms with Gasteiger partial charge in [0.1, 0.15) is 5.65 Å². The Morgan fingerprint density at radius 1 is 1.28 bits per heavy atom. The van der Waals surface area contributed by atoms with E-state index in [1.165, 1.54) is 16.8 Å². The average Bonchev–Trinajstić information content (AvgIpc) is 2.90. The Morgan fingerprint density at radius 3 is 2.72 bits per heavy atom. The fraction of sp³-hybridized carbons (Fsp3) is 0.235. The van der Waals surface area contributed by atoms with E-state index in [1.807, 2.05) is 0 Å². The van der Waals surface area contributed by atoms with Crippen molar-refractivity contribution in [3.63, 3.8) is 0 Å². The number of aromatic amines is 1. The number of halogens is 2. The number of hydrogen-bond acceptors (Lipinski definition) is 4. The number of nitrogens with one attached hydrogen (secondary N) is 1. The Morgan fingerprint density at radius 2 is 2.04 bits per heavy atom. The minimum absolute atomic E-state index is 0.0481. The van der Waals surface area contributed by atoms with Crippen LogP contribution in [0.4, 0.5) is 8.78 Å². The summed E-state index contributed by atoms with van der Waals surface area (Å²) in [4.78, 5) is 26.6. The van der Waals surface area contributed by atoms with Crippen LogP contribution in [0.25, 0.3) is 11.0 Å². The Bertz CT molecular complexity index is 1020. The van der Waals surface area contributed by atoms with Gasteiger partial charge < -0.3 is 9.72 Å². The molecule has 25 heavy (non-hydrogen) atoms. The highest BCUT2D eigenvalue weighted by molar-refractivity contribution is 6.02. The lowest BCUT2D eigenvalue weighted by Gasteiger charge is -2.04. The third-order valence-electron chi connectivity index (χ3n) is 3.72. The van der Waals surface area contributed by atoms with Crippen LogP contribution in [0.2, 0.25) is 0 Å². The van der Waals surface area contributed by atoms with Crippen LogP contribution in [0, 0.1) is 18.6 Å². The Kier molecular flexibility index (Phi) is 4.35. The Balaban J connectivity index is 2.15. The van der Waals surface area contributed by atoms with Gasteiger partial charge >= 0.3 is 5.97 Å². The van der Waals surface area contributed by atoms with E-state index in [2.05, 4.69) is 10.1 Å². The molecule has 0 amide bonds. The van der Waals surface area contributed by atoms with Crippen LogP contribution >= 0.6 is 0 Å². The van der Waals surface area contributed by atoms with E-state index in [1.54, 1.807) is 13.8 Å². The molecule has 0 radical (unpaired) electrons. The van der Waals surface area contributed by atoms with Crippen LogP contribution < -0.4 is 5.56 Å². The van der Waals surface area contributed by atoms with Crippen molar-refractivity contribution in [3.8, 4) is 0 Å². The van der Waals surface area contributed by atoms with Gasteiger partial charge in [0, 0.05) is 6.07 Å². The standard InChI is InChI=1S/C17H15F2N3O3/c1-3-25-17(24)15-14-9(2)6-13(23)20-16(14)22(21-15)8-10-4-5-11(18)12(19)7-10/h4-7H,3,8H2,1-2H3,(H,20,23). The Labute approximate surface area is 141 Å². The number of aromatic nitrogens is 3. The molecule has 0 atom stereocenters. The number of fused-ring (bicyclic) bond motifs is 1. The SMILES string of the molecule is CCOC(=O)c1nn(Cc2ccc(F)c(F)c2)c2[nH]c(=O)cc(C)c12. The molecule has 0 fully saturated rings. The first-order valence-corrected chi connectivity index (χ1v) is 7.62. The lowest BCUT2D eigenvalue weighted by molar-refractivity contribution is 0.0520. The quantitative estimate of drug-likeness (QED) is 0.736. The summed E-state index contributed by atoms with van der Waals surface area (Å²) in [6.07, 6.45) is 0. The summed E-state index contributed by atoms with van der Waals surface area (Å²) < 4.78 is 32.9. The summed E-state index contributed by atoms with van der Waals surface area (Å²) >= 11 is 0. The fourth-order valence-corrected chi connectivity index (χ4v) is 2.65. The van der Waals surface area contributed by atoms with Gasteiger partial charge in [-0.05, 0) is 37.1 Å². The van der Waals surface area contributed by atoms with Crippen molar-refractivity contribution in [1.82, 2.24) is 14.8 Å². The molecule has 130 valence electrons. The van der Waals surface area contributed by atoms with E-state index in [4.69, 9.17) is 4.74 Å². The number of rotatable bonds is 4. The van der Waals surface area contributed by atoms with Crippen molar-refractivity contribution in [3.05, 3.63) is 63.1 Å². The molecule has 0 saturated carbocycles. The second kappa shape index (κ2) is 6.46. The predicted octanol–water partition coefficient (Wildman–Crippen LogP) is 2.54. The molecule has 8 heteroatoms. The van der Waals surface area contributed by atoms with Crippen LogP contribution in [-0.4, -0.2) is 27.3 Å². The molecule has 0 aliphatic heterocycles. The molecule has 3 rings (SSSR count). The molecule has 0 aliphatic carbocycles. The zero-order valence-electron chi connectivity index (χ0n) is 13.6. The molecular weight excluding hydrogens is 332 g/mol. The number of H-pyrrole nitrogens is 1. The number of carbonyl (C=O) groups is 1. The second-order valence-electron chi connectivity index (χ2n) is 5.52. The topological polar surface area (TPSA) is 77.0 Å². The van der Waals surface area contributed by atoms with Gasteiger partial charge in [0.2, 0.25) is 5.56 Å². The van der Waals surface area contributed by atoms with Gasteiger partial charge in [0.05, 0.1) is 18.5 Å². The van der Waals surface area contributed by atoms with Gasteiger partial charge in [-0.1, -0.05) is 6.07 Å². The molecule has 0 spiro atoms. The average molecular weight is 347 g/mol. The number of esters is 1. The van der Waals surface area contributed by atoms with E-state index in [0.717, 1.165) is 12.1 Å². The lowest BCUT2D eigenvalue weighted by Crippen LogP contribution is -2.09. The highest BCUT2D eigenvalue weighted by atomic mass is 19.2. The molecule has 0 bridgehead atoms. The largest absolute Gasteiger partial charge is 0.461 e. The Hall–Kier alpha value is -3.03. The van der Waals surface area contributed by atoms with Crippen LogP contribution in [0.3, 0.4) is 0 Å². The van der Waals surface area contributed by atoms with Gasteiger partial charge in [0.25, 0.3) is 0 Å². The predicted molar refractivity (Wildman–Crippen MR) is 86.5 cm³/mol. The van der Waals surface area contributed by atoms with Crippen molar-refractivity contribution in [2.45, 2.75) is 20.4 Å². The minimum atomic E-state index is -0.982. The van der Waals surface area contributed by atoms with Crippen molar-refractivity contribution in [2.75, 3.05) is 6.61 Å². The van der Waals surface area contributed by atoms with Crippen LogP contribution in [0.5, 0.6) is 0 Å². The number of hydrogen-bond donors (Lipinski definition) is 1. The molecule has 0 saturated heterocycles. The van der Waals surface area contributed by atoms with Gasteiger partial charge in [-0.3, -0.25) is 4.79 Å². The van der Waals surface area contributed by atoms with E-state index < -0.39 is 17.6 Å². The van der Waals surface area contributed by atoms with Gasteiger partial charge in [-0.15, -0.1) is 0 Å². The first-order valence-electron chi connectivity index (χ1n) is 7.62. The van der Waals surface area contributed by atoms with Crippen LogP contribution in [0.1, 0.15) is 28.5 Å². The maximum atomic E-state index is 13.4. The maximum Gasteiger partial charge on any atom is 0.359 e. The van der Waals surface area contributed by atoms with E-state index in [-0.39, 0.29) is 24.4 Å². The molecule has 1 aromatic carbocycles. The number of pyridine rings is 1. The highest BCUT2D eigenvalue weighted by Crippen LogP contribution is 2.21. The number of aryl methyl sites for hydroxylation is 1. The summed E-state index contributed by atoms with van der Waals surface area (Å²) in [7, 11) is 0. The molecule has 3 aromatic rings. The number of benzene rings is 1. The van der Waals surface area contributed by atoms with Crippen molar-refractivity contribution < 1.29 is 18.3 Å². The summed E-state index contributed by atoms with van der Waals surface area (Å²) in [6, 6.07) is 4.82. The molecule has 2 heterocycles. The summed E-state index contributed by atoms with van der Waals surface area (Å²) in [5, 5.41) is 4.67. The molecular formula is C17H15F2N3O3. The smallest absolute Gasteiger partial charge is 0.359 e. The third kappa shape index (κ3) is 3.15. The first kappa shape index (κ1) is 16.8. The van der Waals surface area contributed by atoms with Crippen LogP contribution in [-0.2, 0) is 11.3 Å². The van der Waals surface area contributed by atoms with E-state index in [0.29, 0.717) is 22.2 Å². The van der Waals surface area contributed by atoms with Crippen molar-refractivity contribution in [2.24, 2.45) is 0 Å². The molecule has 0 aliphatic rings. The first-order chi connectivity index (χ1) is 11.9. The summed E-state index contributed by atoms with van der Waals surface area (Å²) in [6.45, 7) is 3.59. The van der Waals surface area contributed by atoms with E-state index >= 15 is 0 Å². The molecule has 1 N–H and O–H groups in total. The van der Waals surface area contributed by atoms with Gasteiger partial charge in [-0.25, -0.2) is 18.3 Å². The van der Waals surface area contributed by atoms with E-state index in [9.17, 15) is 18.4 Å². The molecule has 0 unspecified atom stereocenters. The molecule has 6 nitrogen and oxygen atoms in total. The second-order valence-corrected chi connectivity index (χ2v) is 5.52. The van der Waals surface area contributed by atoms with Crippen LogP contribution in [0.15, 0.2) is 29.1 Å². The zero-order chi connectivity index (χ0) is 18.1. The van der Waals surface area contributed by atoms with Gasteiger partial charge in [0.15, 0.2) is 17.3 Å². The third-order valence-corrected chi connectivity index (χ3v) is 3.72. The maximum absolute atomic E-state index is 13.4. The monoisotopic (exact) mass is 347 g/mol. The summed E-state index contributed by atoms with van der Waals surface area (Å²) in [5.74, 6) is -2.55. The highest BCUT2D eigenvalue weighted by Gasteiger charge is 2.21. The van der Waals surface area contributed by atoms with Crippen molar-refractivity contribution in [1.29, 1.82) is 0 Å². The number of carbonyl (C=O) groups excluding carboxylic acids is 1. The number of ether oxygens (including phenoxy) is 1. The van der Waals surface area contributed by atoms with Gasteiger partial charge in [-0.2, -0.15) is 5.10 Å².